The van der Waals surface area contributed by atoms with Crippen LogP contribution in [0, 0.1) is 0 Å². The summed E-state index contributed by atoms with van der Waals surface area (Å²) in [5, 5.41) is 9.13. The first-order valence-electron chi connectivity index (χ1n) is 6.93. The number of fused-ring (bicyclic) bond motifs is 1. The van der Waals surface area contributed by atoms with Crippen molar-refractivity contribution in [1.29, 1.82) is 0 Å². The van der Waals surface area contributed by atoms with E-state index in [1.807, 2.05) is 0 Å². The third kappa shape index (κ3) is 3.50. The molecule has 6 heteroatoms. The molecule has 5 nitrogen and oxygen atoms in total. The summed E-state index contributed by atoms with van der Waals surface area (Å²) in [4.78, 5) is 15.7. The maximum absolute atomic E-state index is 11.2. The molecule has 0 spiro atoms. The second-order valence-corrected chi connectivity index (χ2v) is 6.97. The number of carboxylic acid groups (broad SMARTS) is 1. The van der Waals surface area contributed by atoms with Gasteiger partial charge in [0.1, 0.15) is 5.82 Å². The van der Waals surface area contributed by atoms with Crippen LogP contribution >= 0.6 is 0 Å². The quantitative estimate of drug-likeness (QED) is 0.890. The summed E-state index contributed by atoms with van der Waals surface area (Å²) in [6, 6.07) is 4.99. The predicted molar refractivity (Wildman–Crippen MR) is 84.3 cm³/mol. The zero-order valence-electron chi connectivity index (χ0n) is 12.5. The van der Waals surface area contributed by atoms with Gasteiger partial charge in [0.05, 0.1) is 16.6 Å². The van der Waals surface area contributed by atoms with Gasteiger partial charge in [-0.2, -0.15) is 0 Å². The van der Waals surface area contributed by atoms with E-state index in [9.17, 15) is 9.00 Å². The Bertz CT molecular complexity index is 692. The number of aromatic nitrogens is 2. The number of carboxylic acids is 1. The van der Waals surface area contributed by atoms with Crippen molar-refractivity contribution in [3.05, 3.63) is 29.6 Å². The van der Waals surface area contributed by atoms with Crippen molar-refractivity contribution in [1.82, 2.24) is 9.55 Å². The van der Waals surface area contributed by atoms with Crippen molar-refractivity contribution < 1.29 is 14.1 Å². The lowest BCUT2D eigenvalue weighted by atomic mass is 10.2. The molecule has 0 aliphatic rings. The van der Waals surface area contributed by atoms with Crippen molar-refractivity contribution in [2.75, 3.05) is 12.0 Å². The van der Waals surface area contributed by atoms with Gasteiger partial charge in [-0.15, -0.1) is 0 Å². The normalized spacial score (nSPS) is 13.0. The van der Waals surface area contributed by atoms with E-state index in [1.54, 1.807) is 24.5 Å². The molecule has 1 aromatic carbocycles. The fourth-order valence-corrected chi connectivity index (χ4v) is 2.91. The van der Waals surface area contributed by atoms with Gasteiger partial charge >= 0.3 is 5.97 Å². The third-order valence-electron chi connectivity index (χ3n) is 3.35. The average molecular weight is 308 g/mol. The van der Waals surface area contributed by atoms with E-state index in [0.29, 0.717) is 12.3 Å². The molecule has 0 aliphatic heterocycles. The van der Waals surface area contributed by atoms with Gasteiger partial charge in [-0.05, 0) is 24.6 Å². The number of hydrogen-bond acceptors (Lipinski definition) is 3. The summed E-state index contributed by atoms with van der Waals surface area (Å²) in [5.41, 5.74) is 1.90. The Kier molecular flexibility index (Phi) is 4.77. The summed E-state index contributed by atoms with van der Waals surface area (Å²) in [6.07, 6.45) is 2.48. The molecule has 2 aromatic rings. The van der Waals surface area contributed by atoms with Gasteiger partial charge in [0, 0.05) is 35.3 Å². The van der Waals surface area contributed by atoms with Crippen LogP contribution < -0.4 is 0 Å². The molecular weight excluding hydrogens is 288 g/mol. The lowest BCUT2D eigenvalue weighted by Gasteiger charge is -2.11. The minimum atomic E-state index is -0.939. The van der Waals surface area contributed by atoms with Crippen LogP contribution in [0.1, 0.15) is 42.4 Å². The van der Waals surface area contributed by atoms with Crippen LogP contribution in [-0.2, 0) is 17.3 Å². The van der Waals surface area contributed by atoms with E-state index >= 15 is 0 Å². The van der Waals surface area contributed by atoms with Gasteiger partial charge in [0.15, 0.2) is 0 Å². The molecule has 0 fully saturated rings. The van der Waals surface area contributed by atoms with Gasteiger partial charge in [0.25, 0.3) is 0 Å². The number of aromatic carboxylic acids is 1. The van der Waals surface area contributed by atoms with Crippen LogP contribution in [0.4, 0.5) is 0 Å². The number of aryl methyl sites for hydroxylation is 1. The maximum Gasteiger partial charge on any atom is 0.335 e. The van der Waals surface area contributed by atoms with Gasteiger partial charge in [-0.3, -0.25) is 4.21 Å². The van der Waals surface area contributed by atoms with Crippen LogP contribution in [-0.4, -0.2) is 36.8 Å². The van der Waals surface area contributed by atoms with Crippen molar-refractivity contribution in [3.63, 3.8) is 0 Å². The zero-order chi connectivity index (χ0) is 15.6. The minimum absolute atomic E-state index is 0.248. The van der Waals surface area contributed by atoms with E-state index in [2.05, 4.69) is 23.4 Å². The molecular formula is C15H20N2O3S. The summed E-state index contributed by atoms with van der Waals surface area (Å²) in [6.45, 7) is 4.83. The van der Waals surface area contributed by atoms with Crippen LogP contribution in [0.5, 0.6) is 0 Å². The van der Waals surface area contributed by atoms with E-state index < -0.39 is 16.8 Å². The standard InChI is InChI=1S/C15H20N2O3S/c1-10(2)14-16-12-6-5-11(15(18)19)9-13(12)17(14)7-4-8-21(3)20/h5-6,9-10H,4,7-8H2,1-3H3,(H,18,19). The predicted octanol–water partition coefficient (Wildman–Crippen LogP) is 2.63. The van der Waals surface area contributed by atoms with E-state index in [0.717, 1.165) is 23.3 Å². The second-order valence-electron chi connectivity index (χ2n) is 5.42. The van der Waals surface area contributed by atoms with Crippen LogP contribution in [0.3, 0.4) is 0 Å². The molecule has 21 heavy (non-hydrogen) atoms. The minimum Gasteiger partial charge on any atom is -0.478 e. The van der Waals surface area contributed by atoms with Crippen molar-refractivity contribution >= 4 is 27.8 Å². The molecule has 1 unspecified atom stereocenters. The Morgan fingerprint density at radius 2 is 2.14 bits per heavy atom. The Hall–Kier alpha value is -1.69. The highest BCUT2D eigenvalue weighted by Crippen LogP contribution is 2.23. The smallest absolute Gasteiger partial charge is 0.335 e. The molecule has 0 bridgehead atoms. The maximum atomic E-state index is 11.2. The molecule has 1 aromatic heterocycles. The Morgan fingerprint density at radius 1 is 1.43 bits per heavy atom. The average Bonchev–Trinajstić information content (AvgIpc) is 2.76. The van der Waals surface area contributed by atoms with E-state index in [-0.39, 0.29) is 11.5 Å². The number of imidazole rings is 1. The number of benzene rings is 1. The Morgan fingerprint density at radius 3 is 2.71 bits per heavy atom. The zero-order valence-corrected chi connectivity index (χ0v) is 13.3. The topological polar surface area (TPSA) is 72.2 Å². The summed E-state index contributed by atoms with van der Waals surface area (Å²) < 4.78 is 13.3. The molecule has 0 radical (unpaired) electrons. The lowest BCUT2D eigenvalue weighted by molar-refractivity contribution is 0.0697. The summed E-state index contributed by atoms with van der Waals surface area (Å²) in [7, 11) is -0.818. The second kappa shape index (κ2) is 6.39. The molecule has 1 heterocycles. The fourth-order valence-electron chi connectivity index (χ4n) is 2.38. The summed E-state index contributed by atoms with van der Waals surface area (Å²) >= 11 is 0. The first kappa shape index (κ1) is 15.7. The van der Waals surface area contributed by atoms with Gasteiger partial charge in [-0.1, -0.05) is 13.8 Å². The van der Waals surface area contributed by atoms with Crippen molar-refractivity contribution in [2.24, 2.45) is 0 Å². The highest BCUT2D eigenvalue weighted by Gasteiger charge is 2.15. The van der Waals surface area contributed by atoms with Gasteiger partial charge in [0.2, 0.25) is 0 Å². The first-order valence-corrected chi connectivity index (χ1v) is 8.66. The lowest BCUT2D eigenvalue weighted by Crippen LogP contribution is -2.08. The largest absolute Gasteiger partial charge is 0.478 e. The highest BCUT2D eigenvalue weighted by molar-refractivity contribution is 7.84. The molecule has 0 saturated heterocycles. The molecule has 1 atom stereocenters. The number of rotatable bonds is 6. The highest BCUT2D eigenvalue weighted by atomic mass is 32.2. The van der Waals surface area contributed by atoms with Gasteiger partial charge in [-0.25, -0.2) is 9.78 Å². The van der Waals surface area contributed by atoms with Gasteiger partial charge < -0.3 is 9.67 Å². The molecule has 2 rings (SSSR count). The molecule has 0 amide bonds. The van der Waals surface area contributed by atoms with Crippen LogP contribution in [0.25, 0.3) is 11.0 Å². The van der Waals surface area contributed by atoms with Crippen molar-refractivity contribution in [3.8, 4) is 0 Å². The SMILES string of the molecule is CC(C)c1nc2ccc(C(=O)O)cc2n1CCCS(C)=O. The third-order valence-corrected chi connectivity index (χ3v) is 4.22. The summed E-state index contributed by atoms with van der Waals surface area (Å²) in [5.74, 6) is 0.883. The van der Waals surface area contributed by atoms with Crippen LogP contribution in [0.15, 0.2) is 18.2 Å². The fraction of sp³-hybridized carbons (Fsp3) is 0.467. The number of nitrogens with zero attached hydrogens (tertiary/aromatic N) is 2. The number of carbonyl (C=O) groups is 1. The number of hydrogen-bond donors (Lipinski definition) is 1. The monoisotopic (exact) mass is 308 g/mol. The van der Waals surface area contributed by atoms with Crippen LogP contribution in [0.2, 0.25) is 0 Å². The molecule has 0 aliphatic carbocycles. The van der Waals surface area contributed by atoms with E-state index in [1.165, 1.54) is 0 Å². The molecule has 114 valence electrons. The van der Waals surface area contributed by atoms with Crippen molar-refractivity contribution in [2.45, 2.75) is 32.7 Å². The molecule has 1 N–H and O–H groups in total. The molecule has 0 saturated carbocycles. The Labute approximate surface area is 126 Å². The Balaban J connectivity index is 2.46. The first-order chi connectivity index (χ1) is 9.90. The van der Waals surface area contributed by atoms with E-state index in [4.69, 9.17) is 5.11 Å².